The lowest BCUT2D eigenvalue weighted by atomic mass is 10.2. The minimum absolute atomic E-state index is 0.859. The summed E-state index contributed by atoms with van der Waals surface area (Å²) in [5.74, 6) is 0.859. The van der Waals surface area contributed by atoms with Gasteiger partial charge >= 0.3 is 0 Å². The minimum Gasteiger partial charge on any atom is -0.175 e. The highest BCUT2D eigenvalue weighted by Crippen LogP contribution is 1.94. The third-order valence-electron chi connectivity index (χ3n) is 1.17. The molecular formula is C9H16S. The molecule has 0 bridgehead atoms. The summed E-state index contributed by atoms with van der Waals surface area (Å²) < 4.78 is 0. The van der Waals surface area contributed by atoms with Crippen LogP contribution in [0.3, 0.4) is 0 Å². The largest absolute Gasteiger partial charge is 0.175 e. The van der Waals surface area contributed by atoms with Crippen molar-refractivity contribution in [3.63, 3.8) is 0 Å². The van der Waals surface area contributed by atoms with Crippen molar-refractivity contribution in [3.05, 3.63) is 24.3 Å². The molecule has 0 N–H and O–H groups in total. The van der Waals surface area contributed by atoms with Gasteiger partial charge in [-0.25, -0.2) is 0 Å². The van der Waals surface area contributed by atoms with Crippen molar-refractivity contribution in [1.29, 1.82) is 0 Å². The second kappa shape index (κ2) is 8.83. The molecule has 0 spiro atoms. The number of hydrogen-bond acceptors (Lipinski definition) is 1. The summed E-state index contributed by atoms with van der Waals surface area (Å²) >= 11 is 4.06. The lowest BCUT2D eigenvalue weighted by molar-refractivity contribution is 1.03. The van der Waals surface area contributed by atoms with Crippen LogP contribution in [0, 0.1) is 0 Å². The van der Waals surface area contributed by atoms with E-state index < -0.39 is 0 Å². The van der Waals surface area contributed by atoms with E-state index in [1.54, 1.807) is 0 Å². The maximum absolute atomic E-state index is 4.06. The van der Waals surface area contributed by atoms with Crippen LogP contribution in [-0.4, -0.2) is 5.75 Å². The van der Waals surface area contributed by atoms with E-state index in [4.69, 9.17) is 0 Å². The summed E-state index contributed by atoms with van der Waals surface area (Å²) in [6.45, 7) is 2.15. The van der Waals surface area contributed by atoms with Crippen LogP contribution >= 0.6 is 12.6 Å². The Morgan fingerprint density at radius 1 is 1.00 bits per heavy atom. The molecule has 0 aliphatic carbocycles. The molecule has 0 aromatic heterocycles. The van der Waals surface area contributed by atoms with E-state index in [0.717, 1.165) is 25.0 Å². The fraction of sp³-hybridized carbons (Fsp3) is 0.556. The van der Waals surface area contributed by atoms with E-state index in [-0.39, 0.29) is 0 Å². The third kappa shape index (κ3) is 7.83. The molecule has 0 aliphatic heterocycles. The molecule has 0 heterocycles. The monoisotopic (exact) mass is 156 g/mol. The smallest absolute Gasteiger partial charge is 0.00825 e. The molecule has 0 radical (unpaired) electrons. The third-order valence-corrected chi connectivity index (χ3v) is 1.39. The van der Waals surface area contributed by atoms with Gasteiger partial charge in [0, 0.05) is 5.75 Å². The van der Waals surface area contributed by atoms with Crippen LogP contribution in [0.4, 0.5) is 0 Å². The van der Waals surface area contributed by atoms with Gasteiger partial charge in [0.1, 0.15) is 0 Å². The first kappa shape index (κ1) is 9.83. The molecule has 1 heteroatoms. The first-order valence-electron chi connectivity index (χ1n) is 3.82. The topological polar surface area (TPSA) is 0 Å². The number of thiol groups is 1. The molecule has 0 aliphatic rings. The summed E-state index contributed by atoms with van der Waals surface area (Å²) in [5.41, 5.74) is 0. The lowest BCUT2D eigenvalue weighted by Gasteiger charge is -1.84. The fourth-order valence-electron chi connectivity index (χ4n) is 0.669. The zero-order chi connectivity index (χ0) is 7.66. The van der Waals surface area contributed by atoms with Crippen molar-refractivity contribution < 1.29 is 0 Å². The number of allylic oxidation sites excluding steroid dienone is 3. The quantitative estimate of drug-likeness (QED) is 0.353. The van der Waals surface area contributed by atoms with Crippen LogP contribution in [-0.2, 0) is 0 Å². The summed E-state index contributed by atoms with van der Waals surface area (Å²) in [7, 11) is 0. The molecule has 0 amide bonds. The zero-order valence-electron chi connectivity index (χ0n) is 6.59. The van der Waals surface area contributed by atoms with E-state index in [0.29, 0.717) is 0 Å². The van der Waals surface area contributed by atoms with Crippen LogP contribution < -0.4 is 0 Å². The number of unbranched alkanes of at least 4 members (excludes halogenated alkanes) is 1. The molecule has 0 unspecified atom stereocenters. The van der Waals surface area contributed by atoms with Gasteiger partial charge in [0.25, 0.3) is 0 Å². The second-order valence-corrected chi connectivity index (χ2v) is 2.48. The van der Waals surface area contributed by atoms with Crippen LogP contribution in [0.1, 0.15) is 26.2 Å². The van der Waals surface area contributed by atoms with Gasteiger partial charge in [-0.1, -0.05) is 31.2 Å². The maximum atomic E-state index is 4.06. The molecule has 0 rings (SSSR count). The SMILES string of the molecule is CC/C=C\CC/C=C\CS. The molecule has 0 fully saturated rings. The second-order valence-electron chi connectivity index (χ2n) is 2.11. The Kier molecular flexibility index (Phi) is 8.68. The van der Waals surface area contributed by atoms with E-state index in [9.17, 15) is 0 Å². The van der Waals surface area contributed by atoms with Gasteiger partial charge in [-0.2, -0.15) is 12.6 Å². The highest BCUT2D eigenvalue weighted by Gasteiger charge is 1.74. The van der Waals surface area contributed by atoms with E-state index >= 15 is 0 Å². The van der Waals surface area contributed by atoms with Gasteiger partial charge in [0.2, 0.25) is 0 Å². The Morgan fingerprint density at radius 3 is 2.10 bits per heavy atom. The summed E-state index contributed by atoms with van der Waals surface area (Å²) in [6.07, 6.45) is 12.2. The van der Waals surface area contributed by atoms with E-state index in [1.165, 1.54) is 0 Å². The average molecular weight is 156 g/mol. The van der Waals surface area contributed by atoms with Crippen molar-refractivity contribution in [2.75, 3.05) is 5.75 Å². The Balaban J connectivity index is 3.04. The molecular weight excluding hydrogens is 140 g/mol. The Hall–Kier alpha value is -0.170. The van der Waals surface area contributed by atoms with Crippen molar-refractivity contribution in [1.82, 2.24) is 0 Å². The molecule has 0 saturated carbocycles. The highest BCUT2D eigenvalue weighted by atomic mass is 32.1. The minimum atomic E-state index is 0.859. The average Bonchev–Trinajstić information content (AvgIpc) is 1.97. The standard InChI is InChI=1S/C9H16S/c1-2-3-4-5-6-7-8-9-10/h3-4,7-8,10H,2,5-6,9H2,1H3/b4-3-,8-7-. The van der Waals surface area contributed by atoms with E-state index in [1.807, 2.05) is 0 Å². The van der Waals surface area contributed by atoms with Crippen molar-refractivity contribution in [2.45, 2.75) is 26.2 Å². The molecule has 0 saturated heterocycles. The Labute approximate surface area is 69.4 Å². The summed E-state index contributed by atoms with van der Waals surface area (Å²) in [4.78, 5) is 0. The lowest BCUT2D eigenvalue weighted by Crippen LogP contribution is -1.65. The summed E-state index contributed by atoms with van der Waals surface area (Å²) in [6, 6.07) is 0. The molecule has 0 aromatic carbocycles. The Morgan fingerprint density at radius 2 is 1.60 bits per heavy atom. The van der Waals surface area contributed by atoms with Gasteiger partial charge in [0.15, 0.2) is 0 Å². The number of rotatable bonds is 5. The van der Waals surface area contributed by atoms with Gasteiger partial charge in [-0.05, 0) is 19.3 Å². The first-order valence-corrected chi connectivity index (χ1v) is 4.46. The molecule has 58 valence electrons. The predicted molar refractivity (Wildman–Crippen MR) is 51.7 cm³/mol. The van der Waals surface area contributed by atoms with Gasteiger partial charge in [0.05, 0.1) is 0 Å². The van der Waals surface area contributed by atoms with Crippen molar-refractivity contribution in [2.24, 2.45) is 0 Å². The summed E-state index contributed by atoms with van der Waals surface area (Å²) in [5, 5.41) is 0. The van der Waals surface area contributed by atoms with Crippen LogP contribution in [0.5, 0.6) is 0 Å². The van der Waals surface area contributed by atoms with Gasteiger partial charge < -0.3 is 0 Å². The van der Waals surface area contributed by atoms with Gasteiger partial charge in [-0.3, -0.25) is 0 Å². The number of hydrogen-bond donors (Lipinski definition) is 1. The fourth-order valence-corrected chi connectivity index (χ4v) is 0.818. The first-order chi connectivity index (χ1) is 4.91. The van der Waals surface area contributed by atoms with Gasteiger partial charge in [-0.15, -0.1) is 0 Å². The van der Waals surface area contributed by atoms with Crippen LogP contribution in [0.2, 0.25) is 0 Å². The van der Waals surface area contributed by atoms with Crippen LogP contribution in [0.15, 0.2) is 24.3 Å². The molecule has 0 atom stereocenters. The van der Waals surface area contributed by atoms with Crippen LogP contribution in [0.25, 0.3) is 0 Å². The maximum Gasteiger partial charge on any atom is 0.00825 e. The molecule has 0 aromatic rings. The molecule has 0 nitrogen and oxygen atoms in total. The van der Waals surface area contributed by atoms with Crippen molar-refractivity contribution >= 4 is 12.6 Å². The predicted octanol–water partition coefficient (Wildman–Crippen LogP) is 3.22. The highest BCUT2D eigenvalue weighted by molar-refractivity contribution is 7.80. The van der Waals surface area contributed by atoms with E-state index in [2.05, 4.69) is 43.9 Å². The van der Waals surface area contributed by atoms with Crippen molar-refractivity contribution in [3.8, 4) is 0 Å². The molecule has 10 heavy (non-hydrogen) atoms. The zero-order valence-corrected chi connectivity index (χ0v) is 7.48. The normalized spacial score (nSPS) is 11.8. The Bertz CT molecular complexity index is 89.3.